The van der Waals surface area contributed by atoms with Gasteiger partial charge in [-0.3, -0.25) is 0 Å². The Bertz CT molecular complexity index is 1060. The Hall–Kier alpha value is -2.86. The predicted molar refractivity (Wildman–Crippen MR) is 97.9 cm³/mol. The summed E-state index contributed by atoms with van der Waals surface area (Å²) in [4.78, 5) is 11.7. The molecule has 0 bridgehead atoms. The molecule has 0 amide bonds. The predicted octanol–water partition coefficient (Wildman–Crippen LogP) is 2.72. The zero-order valence-corrected chi connectivity index (χ0v) is 14.1. The molecule has 0 radical (unpaired) electrons. The number of ether oxygens (including phenoxy) is 1. The maximum absolute atomic E-state index is 5.48. The van der Waals surface area contributed by atoms with Gasteiger partial charge < -0.3 is 18.6 Å². The van der Waals surface area contributed by atoms with Crippen molar-refractivity contribution in [2.75, 3.05) is 31.2 Å². The maximum atomic E-state index is 5.48. The van der Waals surface area contributed by atoms with Crippen molar-refractivity contribution in [2.45, 2.75) is 0 Å². The monoisotopic (exact) mass is 333 g/mol. The van der Waals surface area contributed by atoms with Crippen molar-refractivity contribution >= 4 is 22.4 Å². The molecule has 1 saturated heterocycles. The summed E-state index contributed by atoms with van der Waals surface area (Å²) in [5.74, 6) is 0.930. The first-order valence-electron chi connectivity index (χ1n) is 8.51. The van der Waals surface area contributed by atoms with Gasteiger partial charge in [0.2, 0.25) is 0 Å². The van der Waals surface area contributed by atoms with Gasteiger partial charge in [0.25, 0.3) is 0 Å². The Labute approximate surface area is 145 Å². The van der Waals surface area contributed by atoms with Gasteiger partial charge in [0.1, 0.15) is 0 Å². The first-order valence-corrected chi connectivity index (χ1v) is 8.51. The number of imidazole rings is 1. The van der Waals surface area contributed by atoms with Crippen LogP contribution >= 0.6 is 0 Å². The van der Waals surface area contributed by atoms with E-state index in [-0.39, 0.29) is 0 Å². The van der Waals surface area contributed by atoms with Crippen molar-refractivity contribution in [1.82, 2.24) is 18.9 Å². The Kier molecular flexibility index (Phi) is 3.24. The molecule has 1 fully saturated rings. The highest BCUT2D eigenvalue weighted by Crippen LogP contribution is 2.27. The maximum Gasteiger partial charge on any atom is 0.180 e. The average Bonchev–Trinajstić information content (AvgIpc) is 3.28. The molecule has 126 valence electrons. The van der Waals surface area contributed by atoms with Crippen molar-refractivity contribution in [3.8, 4) is 11.3 Å². The molecule has 4 aromatic rings. The van der Waals surface area contributed by atoms with Gasteiger partial charge in [-0.15, -0.1) is 0 Å². The second-order valence-corrected chi connectivity index (χ2v) is 6.41. The Morgan fingerprint density at radius 2 is 1.96 bits per heavy atom. The fourth-order valence-electron chi connectivity index (χ4n) is 3.48. The average molecular weight is 333 g/mol. The van der Waals surface area contributed by atoms with Gasteiger partial charge in [-0.2, -0.15) is 0 Å². The highest BCUT2D eigenvalue weighted by Gasteiger charge is 2.18. The molecule has 3 aromatic heterocycles. The van der Waals surface area contributed by atoms with E-state index in [4.69, 9.17) is 9.72 Å². The Morgan fingerprint density at radius 1 is 1.08 bits per heavy atom. The van der Waals surface area contributed by atoms with E-state index in [1.54, 1.807) is 0 Å². The number of anilines is 1. The van der Waals surface area contributed by atoms with E-state index >= 15 is 0 Å². The summed E-state index contributed by atoms with van der Waals surface area (Å²) in [7, 11) is 2.06. The first kappa shape index (κ1) is 14.5. The van der Waals surface area contributed by atoms with Gasteiger partial charge in [0, 0.05) is 61.4 Å². The van der Waals surface area contributed by atoms with Gasteiger partial charge in [-0.1, -0.05) is 6.07 Å². The number of nitrogens with zero attached hydrogens (tertiary/aromatic N) is 5. The van der Waals surface area contributed by atoms with Gasteiger partial charge in [0.05, 0.1) is 18.9 Å². The number of aryl methyl sites for hydroxylation is 1. The normalized spacial score (nSPS) is 15.3. The summed E-state index contributed by atoms with van der Waals surface area (Å²) in [5, 5.41) is 1.22. The standard InChI is InChI=1S/C19H19N5O/c1-22-6-4-15-12-14(2-3-17(15)22)16-13-24-7-5-20-18(24)19(21-16)23-8-10-25-11-9-23/h2-7,12-13H,8-11H2,1H3. The fraction of sp³-hybridized carbons (Fsp3) is 0.263. The third-order valence-corrected chi connectivity index (χ3v) is 4.85. The topological polar surface area (TPSA) is 47.6 Å². The van der Waals surface area contributed by atoms with Crippen LogP contribution in [0.2, 0.25) is 0 Å². The largest absolute Gasteiger partial charge is 0.378 e. The second-order valence-electron chi connectivity index (χ2n) is 6.41. The van der Waals surface area contributed by atoms with Crippen LogP contribution in [0.4, 0.5) is 5.82 Å². The molecule has 0 N–H and O–H groups in total. The van der Waals surface area contributed by atoms with E-state index in [2.05, 4.69) is 62.6 Å². The lowest BCUT2D eigenvalue weighted by Gasteiger charge is -2.28. The van der Waals surface area contributed by atoms with E-state index < -0.39 is 0 Å². The van der Waals surface area contributed by atoms with Crippen molar-refractivity contribution in [2.24, 2.45) is 7.05 Å². The lowest BCUT2D eigenvalue weighted by atomic mass is 10.1. The molecular formula is C19H19N5O. The molecule has 6 heteroatoms. The van der Waals surface area contributed by atoms with Crippen molar-refractivity contribution in [3.63, 3.8) is 0 Å². The summed E-state index contributed by atoms with van der Waals surface area (Å²) in [5.41, 5.74) is 4.19. The fourth-order valence-corrected chi connectivity index (χ4v) is 3.48. The zero-order valence-electron chi connectivity index (χ0n) is 14.1. The third-order valence-electron chi connectivity index (χ3n) is 4.85. The molecule has 1 aromatic carbocycles. The van der Waals surface area contributed by atoms with Gasteiger partial charge >= 0.3 is 0 Å². The van der Waals surface area contributed by atoms with Gasteiger partial charge in [0.15, 0.2) is 11.5 Å². The highest BCUT2D eigenvalue weighted by atomic mass is 16.5. The lowest BCUT2D eigenvalue weighted by Crippen LogP contribution is -2.37. The first-order chi connectivity index (χ1) is 12.3. The molecule has 0 unspecified atom stereocenters. The zero-order chi connectivity index (χ0) is 16.8. The van der Waals surface area contributed by atoms with Crippen LogP contribution < -0.4 is 4.90 Å². The highest BCUT2D eigenvalue weighted by molar-refractivity contribution is 5.85. The van der Waals surface area contributed by atoms with Crippen molar-refractivity contribution in [1.29, 1.82) is 0 Å². The smallest absolute Gasteiger partial charge is 0.180 e. The molecule has 4 heterocycles. The van der Waals surface area contributed by atoms with Crippen LogP contribution in [0.1, 0.15) is 0 Å². The summed E-state index contributed by atoms with van der Waals surface area (Å²) in [6.45, 7) is 3.15. The summed E-state index contributed by atoms with van der Waals surface area (Å²) >= 11 is 0. The lowest BCUT2D eigenvalue weighted by molar-refractivity contribution is 0.122. The number of aromatic nitrogens is 4. The number of hydrogen-bond acceptors (Lipinski definition) is 4. The van der Waals surface area contributed by atoms with E-state index in [0.717, 1.165) is 49.0 Å². The molecule has 0 atom stereocenters. The minimum Gasteiger partial charge on any atom is -0.378 e. The van der Waals surface area contributed by atoms with E-state index in [1.807, 2.05) is 12.4 Å². The van der Waals surface area contributed by atoms with Crippen LogP contribution in [0, 0.1) is 0 Å². The number of morpholine rings is 1. The van der Waals surface area contributed by atoms with E-state index in [1.165, 1.54) is 10.9 Å². The molecule has 0 aliphatic carbocycles. The SMILES string of the molecule is Cn1ccc2cc(-c3cn4ccnc4c(N4CCOCC4)n3)ccc21. The van der Waals surface area contributed by atoms with Crippen LogP contribution in [-0.2, 0) is 11.8 Å². The second kappa shape index (κ2) is 5.60. The minimum atomic E-state index is 0.731. The molecule has 0 saturated carbocycles. The van der Waals surface area contributed by atoms with Crippen LogP contribution in [0.5, 0.6) is 0 Å². The Balaban J connectivity index is 1.66. The number of benzene rings is 1. The van der Waals surface area contributed by atoms with Crippen molar-refractivity contribution in [3.05, 3.63) is 49.1 Å². The van der Waals surface area contributed by atoms with Crippen molar-refractivity contribution < 1.29 is 4.74 Å². The summed E-state index contributed by atoms with van der Waals surface area (Å²) < 4.78 is 9.67. The molecule has 5 rings (SSSR count). The number of hydrogen-bond donors (Lipinski definition) is 0. The van der Waals surface area contributed by atoms with E-state index in [9.17, 15) is 0 Å². The van der Waals surface area contributed by atoms with Gasteiger partial charge in [-0.05, 0) is 18.2 Å². The number of fused-ring (bicyclic) bond motifs is 2. The molecule has 6 nitrogen and oxygen atoms in total. The van der Waals surface area contributed by atoms with Crippen LogP contribution in [0.3, 0.4) is 0 Å². The third kappa shape index (κ3) is 2.37. The van der Waals surface area contributed by atoms with Gasteiger partial charge in [-0.25, -0.2) is 9.97 Å². The molecular weight excluding hydrogens is 314 g/mol. The molecule has 1 aliphatic heterocycles. The number of rotatable bonds is 2. The summed E-state index contributed by atoms with van der Waals surface area (Å²) in [6.07, 6.45) is 7.94. The molecule has 0 spiro atoms. The van der Waals surface area contributed by atoms with Crippen LogP contribution in [0.25, 0.3) is 27.8 Å². The van der Waals surface area contributed by atoms with Crippen LogP contribution in [-0.4, -0.2) is 45.2 Å². The minimum absolute atomic E-state index is 0.731. The summed E-state index contributed by atoms with van der Waals surface area (Å²) in [6, 6.07) is 8.62. The van der Waals surface area contributed by atoms with E-state index in [0.29, 0.717) is 0 Å². The quantitative estimate of drug-likeness (QED) is 0.566. The Morgan fingerprint density at radius 3 is 2.84 bits per heavy atom. The molecule has 1 aliphatic rings. The molecule has 25 heavy (non-hydrogen) atoms. The van der Waals surface area contributed by atoms with Crippen LogP contribution in [0.15, 0.2) is 49.1 Å².